The molecule has 16 heavy (non-hydrogen) atoms. The second kappa shape index (κ2) is 3.59. The largest absolute Gasteiger partial charge is 0.508 e. The van der Waals surface area contributed by atoms with Crippen molar-refractivity contribution in [2.24, 2.45) is 0 Å². The van der Waals surface area contributed by atoms with Crippen molar-refractivity contribution < 1.29 is 13.9 Å². The Balaban J connectivity index is 2.94. The van der Waals surface area contributed by atoms with Gasteiger partial charge < -0.3 is 5.11 Å². The monoisotopic (exact) mass is 220 g/mol. The molecule has 82 valence electrons. The van der Waals surface area contributed by atoms with Crippen LogP contribution in [0.4, 0.5) is 8.78 Å². The summed E-state index contributed by atoms with van der Waals surface area (Å²) in [6.45, 7) is 5.25. The van der Waals surface area contributed by atoms with Crippen molar-refractivity contribution in [3.8, 4) is 5.75 Å². The molecule has 0 aliphatic heterocycles. The average molecular weight is 220 g/mol. The number of fused-ring (bicyclic) bond motifs is 1. The molecule has 2 aromatic carbocycles. The zero-order chi connectivity index (χ0) is 11.9. The van der Waals surface area contributed by atoms with Crippen molar-refractivity contribution in [1.29, 1.82) is 0 Å². The SMILES string of the molecule is C=C(C)c1c(F)c(F)cc2cc(O)ccc12. The smallest absolute Gasteiger partial charge is 0.166 e. The van der Waals surface area contributed by atoms with Gasteiger partial charge in [0.05, 0.1) is 0 Å². The minimum absolute atomic E-state index is 0.0196. The summed E-state index contributed by atoms with van der Waals surface area (Å²) in [5, 5.41) is 10.3. The summed E-state index contributed by atoms with van der Waals surface area (Å²) in [4.78, 5) is 0. The van der Waals surface area contributed by atoms with E-state index in [2.05, 4.69) is 6.58 Å². The Hall–Kier alpha value is -1.90. The van der Waals surface area contributed by atoms with E-state index >= 15 is 0 Å². The second-order valence-corrected chi connectivity index (χ2v) is 3.73. The molecule has 0 saturated heterocycles. The van der Waals surface area contributed by atoms with Gasteiger partial charge in [0.25, 0.3) is 0 Å². The predicted octanol–water partition coefficient (Wildman–Crippen LogP) is 3.86. The Morgan fingerprint density at radius 2 is 1.94 bits per heavy atom. The molecule has 0 bridgehead atoms. The van der Waals surface area contributed by atoms with E-state index in [1.165, 1.54) is 12.1 Å². The Morgan fingerprint density at radius 1 is 1.25 bits per heavy atom. The lowest BCUT2D eigenvalue weighted by Crippen LogP contribution is -1.93. The number of rotatable bonds is 1. The molecule has 0 fully saturated rings. The van der Waals surface area contributed by atoms with Crippen LogP contribution in [0.15, 0.2) is 30.8 Å². The third-order valence-electron chi connectivity index (χ3n) is 2.44. The van der Waals surface area contributed by atoms with Gasteiger partial charge in [-0.2, -0.15) is 0 Å². The van der Waals surface area contributed by atoms with E-state index in [0.717, 1.165) is 6.07 Å². The van der Waals surface area contributed by atoms with Crippen LogP contribution in [-0.4, -0.2) is 5.11 Å². The molecule has 0 amide bonds. The van der Waals surface area contributed by atoms with Gasteiger partial charge in [-0.25, -0.2) is 8.78 Å². The van der Waals surface area contributed by atoms with Gasteiger partial charge in [-0.05, 0) is 47.5 Å². The lowest BCUT2D eigenvalue weighted by molar-refractivity contribution is 0.476. The van der Waals surface area contributed by atoms with E-state index in [9.17, 15) is 13.9 Å². The summed E-state index contributed by atoms with van der Waals surface area (Å²) < 4.78 is 26.9. The van der Waals surface area contributed by atoms with Gasteiger partial charge in [0.2, 0.25) is 0 Å². The summed E-state index contributed by atoms with van der Waals surface area (Å²) in [6, 6.07) is 5.45. The molecule has 1 nitrogen and oxygen atoms in total. The third-order valence-corrected chi connectivity index (χ3v) is 2.44. The van der Waals surface area contributed by atoms with E-state index in [4.69, 9.17) is 0 Å². The molecule has 0 spiro atoms. The number of hydrogen-bond donors (Lipinski definition) is 1. The maximum atomic E-state index is 13.6. The molecule has 3 heteroatoms. The van der Waals surface area contributed by atoms with Crippen molar-refractivity contribution in [2.45, 2.75) is 6.92 Å². The molecule has 0 atom stereocenters. The summed E-state index contributed by atoms with van der Waals surface area (Å²) in [5.41, 5.74) is 0.614. The fourth-order valence-corrected chi connectivity index (χ4v) is 1.75. The van der Waals surface area contributed by atoms with Crippen LogP contribution in [0, 0.1) is 11.6 Å². The van der Waals surface area contributed by atoms with Crippen LogP contribution < -0.4 is 0 Å². The van der Waals surface area contributed by atoms with Gasteiger partial charge >= 0.3 is 0 Å². The number of halogens is 2. The van der Waals surface area contributed by atoms with E-state index in [0.29, 0.717) is 16.3 Å². The van der Waals surface area contributed by atoms with Gasteiger partial charge in [0.15, 0.2) is 11.6 Å². The second-order valence-electron chi connectivity index (χ2n) is 3.73. The maximum absolute atomic E-state index is 13.6. The number of phenolic OH excluding ortho intramolecular Hbond substituents is 1. The predicted molar refractivity (Wildman–Crippen MR) is 60.2 cm³/mol. The zero-order valence-electron chi connectivity index (χ0n) is 8.72. The summed E-state index contributed by atoms with van der Waals surface area (Å²) in [6.07, 6.45) is 0. The molecule has 0 unspecified atom stereocenters. The number of phenols is 1. The van der Waals surface area contributed by atoms with Gasteiger partial charge in [-0.15, -0.1) is 0 Å². The first kappa shape index (κ1) is 10.6. The number of allylic oxidation sites excluding steroid dienone is 1. The highest BCUT2D eigenvalue weighted by Crippen LogP contribution is 2.30. The van der Waals surface area contributed by atoms with Gasteiger partial charge in [0, 0.05) is 5.56 Å². The molecule has 0 aliphatic rings. The Labute approximate surface area is 91.6 Å². The Morgan fingerprint density at radius 3 is 2.56 bits per heavy atom. The topological polar surface area (TPSA) is 20.2 Å². The molecular formula is C13H10F2O. The quantitative estimate of drug-likeness (QED) is 0.773. The molecule has 2 rings (SSSR count). The van der Waals surface area contributed by atoms with E-state index in [1.54, 1.807) is 13.0 Å². The minimum Gasteiger partial charge on any atom is -0.508 e. The molecule has 1 N–H and O–H groups in total. The van der Waals surface area contributed by atoms with E-state index in [1.807, 2.05) is 0 Å². The summed E-state index contributed by atoms with van der Waals surface area (Å²) in [7, 11) is 0. The van der Waals surface area contributed by atoms with Gasteiger partial charge in [-0.1, -0.05) is 6.58 Å². The average Bonchev–Trinajstić information content (AvgIpc) is 2.19. The lowest BCUT2D eigenvalue weighted by Gasteiger charge is -2.09. The number of hydrogen-bond acceptors (Lipinski definition) is 1. The summed E-state index contributed by atoms with van der Waals surface area (Å²) in [5.74, 6) is -1.81. The Kier molecular flexibility index (Phi) is 2.38. The maximum Gasteiger partial charge on any atom is 0.166 e. The molecular weight excluding hydrogens is 210 g/mol. The van der Waals surface area contributed by atoms with E-state index in [-0.39, 0.29) is 11.3 Å². The molecule has 0 saturated carbocycles. The van der Waals surface area contributed by atoms with Crippen LogP contribution >= 0.6 is 0 Å². The molecule has 0 aliphatic carbocycles. The van der Waals surface area contributed by atoms with Crippen molar-refractivity contribution >= 4 is 16.3 Å². The number of benzene rings is 2. The lowest BCUT2D eigenvalue weighted by atomic mass is 9.99. The van der Waals surface area contributed by atoms with Crippen LogP contribution in [0.2, 0.25) is 0 Å². The molecule has 2 aromatic rings. The minimum atomic E-state index is -0.934. The van der Waals surface area contributed by atoms with Crippen LogP contribution in [0.25, 0.3) is 16.3 Å². The van der Waals surface area contributed by atoms with Crippen LogP contribution in [0.1, 0.15) is 12.5 Å². The highest BCUT2D eigenvalue weighted by atomic mass is 19.2. The zero-order valence-corrected chi connectivity index (χ0v) is 8.72. The molecule has 0 heterocycles. The fraction of sp³-hybridized carbons (Fsp3) is 0.0769. The first-order valence-corrected chi connectivity index (χ1v) is 4.77. The first-order chi connectivity index (χ1) is 7.50. The van der Waals surface area contributed by atoms with Crippen molar-refractivity contribution in [3.05, 3.63) is 48.0 Å². The van der Waals surface area contributed by atoms with Gasteiger partial charge in [-0.3, -0.25) is 0 Å². The summed E-state index contributed by atoms with van der Waals surface area (Å²) >= 11 is 0. The normalized spacial score (nSPS) is 10.7. The molecule has 0 aromatic heterocycles. The number of aromatic hydroxyl groups is 1. The molecule has 0 radical (unpaired) electrons. The van der Waals surface area contributed by atoms with Crippen molar-refractivity contribution in [2.75, 3.05) is 0 Å². The highest BCUT2D eigenvalue weighted by molar-refractivity contribution is 5.94. The van der Waals surface area contributed by atoms with Crippen LogP contribution in [-0.2, 0) is 0 Å². The first-order valence-electron chi connectivity index (χ1n) is 4.77. The highest BCUT2D eigenvalue weighted by Gasteiger charge is 2.14. The van der Waals surface area contributed by atoms with E-state index < -0.39 is 11.6 Å². The van der Waals surface area contributed by atoms with Crippen molar-refractivity contribution in [3.63, 3.8) is 0 Å². The van der Waals surface area contributed by atoms with Gasteiger partial charge in [0.1, 0.15) is 5.75 Å². The van der Waals surface area contributed by atoms with Crippen molar-refractivity contribution in [1.82, 2.24) is 0 Å². The standard InChI is InChI=1S/C13H10F2O/c1-7(2)12-10-4-3-9(16)5-8(10)6-11(14)13(12)15/h3-6,16H,1H2,2H3. The fourth-order valence-electron chi connectivity index (χ4n) is 1.75. The Bertz CT molecular complexity index is 588. The van der Waals surface area contributed by atoms with Crippen LogP contribution in [0.3, 0.4) is 0 Å². The van der Waals surface area contributed by atoms with Crippen LogP contribution in [0.5, 0.6) is 5.75 Å². The third kappa shape index (κ3) is 1.54.